The average molecular weight is 343 g/mol. The molecule has 0 spiro atoms. The van der Waals surface area contributed by atoms with Gasteiger partial charge in [0, 0.05) is 6.04 Å². The van der Waals surface area contributed by atoms with E-state index in [4.69, 9.17) is 9.47 Å². The highest BCUT2D eigenvalue weighted by molar-refractivity contribution is 7.89. The highest BCUT2D eigenvalue weighted by Gasteiger charge is 2.23. The first-order valence-corrected chi connectivity index (χ1v) is 9.89. The van der Waals surface area contributed by atoms with E-state index in [1.807, 2.05) is 52.8 Å². The van der Waals surface area contributed by atoms with Gasteiger partial charge in [-0.15, -0.1) is 0 Å². The molecule has 0 amide bonds. The largest absolute Gasteiger partial charge is 0.490 e. The molecule has 1 rings (SSSR count). The van der Waals surface area contributed by atoms with E-state index in [0.29, 0.717) is 31.1 Å². The van der Waals surface area contributed by atoms with Crippen LogP contribution in [0.1, 0.15) is 52.6 Å². The van der Waals surface area contributed by atoms with Gasteiger partial charge in [-0.2, -0.15) is 0 Å². The third-order valence-electron chi connectivity index (χ3n) is 3.37. The van der Waals surface area contributed by atoms with Gasteiger partial charge < -0.3 is 9.47 Å². The molecule has 5 nitrogen and oxygen atoms in total. The van der Waals surface area contributed by atoms with Gasteiger partial charge in [0.15, 0.2) is 11.5 Å². The van der Waals surface area contributed by atoms with E-state index in [0.717, 1.165) is 5.56 Å². The second kappa shape index (κ2) is 9.13. The standard InChI is InChI=1S/C17H29NO4S/c1-6-11-23(19,20)18-17(13(4)5)14-9-10-15(21-7-2)16(12-14)22-8-3/h9-10,12-13,17-18H,6-8,11H2,1-5H3. The Bertz CT molecular complexity index is 584. The van der Waals surface area contributed by atoms with Crippen LogP contribution in [0.4, 0.5) is 0 Å². The predicted octanol–water partition coefficient (Wildman–Crippen LogP) is 3.51. The van der Waals surface area contributed by atoms with Crippen molar-refractivity contribution in [1.82, 2.24) is 4.72 Å². The first kappa shape index (κ1) is 19.8. The van der Waals surface area contributed by atoms with Crippen LogP contribution >= 0.6 is 0 Å². The molecule has 0 heterocycles. The third-order valence-corrected chi connectivity index (χ3v) is 4.93. The van der Waals surface area contributed by atoms with Gasteiger partial charge in [-0.3, -0.25) is 0 Å². The van der Waals surface area contributed by atoms with Crippen molar-refractivity contribution >= 4 is 10.0 Å². The number of hydrogen-bond donors (Lipinski definition) is 1. The number of nitrogens with one attached hydrogen (secondary N) is 1. The van der Waals surface area contributed by atoms with Crippen LogP contribution in [-0.4, -0.2) is 27.4 Å². The SMILES string of the molecule is CCCS(=O)(=O)NC(c1ccc(OCC)c(OCC)c1)C(C)C. The van der Waals surface area contributed by atoms with Gasteiger partial charge in [0.2, 0.25) is 10.0 Å². The van der Waals surface area contributed by atoms with Crippen LogP contribution in [0.15, 0.2) is 18.2 Å². The zero-order valence-electron chi connectivity index (χ0n) is 14.8. The van der Waals surface area contributed by atoms with E-state index in [1.165, 1.54) is 0 Å². The molecule has 0 aliphatic rings. The molecule has 0 bridgehead atoms. The lowest BCUT2D eigenvalue weighted by atomic mass is 9.97. The zero-order chi connectivity index (χ0) is 17.5. The molecule has 0 saturated heterocycles. The summed E-state index contributed by atoms with van der Waals surface area (Å²) in [5.41, 5.74) is 0.881. The predicted molar refractivity (Wildman–Crippen MR) is 93.6 cm³/mol. The normalized spacial score (nSPS) is 13.1. The van der Waals surface area contributed by atoms with E-state index < -0.39 is 10.0 Å². The first-order chi connectivity index (χ1) is 10.8. The van der Waals surface area contributed by atoms with E-state index in [9.17, 15) is 8.42 Å². The number of benzene rings is 1. The molecule has 132 valence electrons. The molecule has 0 saturated carbocycles. The average Bonchev–Trinajstić information content (AvgIpc) is 2.47. The van der Waals surface area contributed by atoms with Crippen molar-refractivity contribution in [2.75, 3.05) is 19.0 Å². The van der Waals surface area contributed by atoms with Crippen molar-refractivity contribution in [2.24, 2.45) is 5.92 Å². The topological polar surface area (TPSA) is 64.6 Å². The Hall–Kier alpha value is -1.27. The summed E-state index contributed by atoms with van der Waals surface area (Å²) >= 11 is 0. The summed E-state index contributed by atoms with van der Waals surface area (Å²) < 4.78 is 38.3. The Morgan fingerprint density at radius 1 is 1.04 bits per heavy atom. The number of rotatable bonds is 10. The minimum Gasteiger partial charge on any atom is -0.490 e. The first-order valence-electron chi connectivity index (χ1n) is 8.24. The number of hydrogen-bond acceptors (Lipinski definition) is 4. The molecule has 0 aromatic heterocycles. The quantitative estimate of drug-likeness (QED) is 0.706. The summed E-state index contributed by atoms with van der Waals surface area (Å²) in [7, 11) is -3.29. The Labute approximate surface area is 140 Å². The van der Waals surface area contributed by atoms with E-state index >= 15 is 0 Å². The van der Waals surface area contributed by atoms with Crippen LogP contribution in [0.25, 0.3) is 0 Å². The summed E-state index contributed by atoms with van der Waals surface area (Å²) in [5.74, 6) is 1.57. The van der Waals surface area contributed by atoms with Crippen molar-refractivity contribution < 1.29 is 17.9 Å². The van der Waals surface area contributed by atoms with Gasteiger partial charge in [-0.25, -0.2) is 13.1 Å². The molecule has 1 N–H and O–H groups in total. The van der Waals surface area contributed by atoms with Gasteiger partial charge >= 0.3 is 0 Å². The fraction of sp³-hybridized carbons (Fsp3) is 0.647. The Morgan fingerprint density at radius 2 is 1.65 bits per heavy atom. The Morgan fingerprint density at radius 3 is 2.17 bits per heavy atom. The second-order valence-electron chi connectivity index (χ2n) is 5.73. The molecule has 1 unspecified atom stereocenters. The van der Waals surface area contributed by atoms with Crippen LogP contribution in [0.3, 0.4) is 0 Å². The maximum Gasteiger partial charge on any atom is 0.212 e. The molecule has 23 heavy (non-hydrogen) atoms. The maximum atomic E-state index is 12.1. The van der Waals surface area contributed by atoms with Gasteiger partial charge in [0.1, 0.15) is 0 Å². The fourth-order valence-electron chi connectivity index (χ4n) is 2.37. The summed E-state index contributed by atoms with van der Waals surface area (Å²) in [6.45, 7) is 10.7. The molecule has 0 aliphatic carbocycles. The highest BCUT2D eigenvalue weighted by atomic mass is 32.2. The van der Waals surface area contributed by atoms with E-state index in [-0.39, 0.29) is 17.7 Å². The van der Waals surface area contributed by atoms with Gasteiger partial charge in [-0.05, 0) is 43.9 Å². The van der Waals surface area contributed by atoms with Gasteiger partial charge in [0.25, 0.3) is 0 Å². The van der Waals surface area contributed by atoms with Gasteiger partial charge in [0.05, 0.1) is 19.0 Å². The van der Waals surface area contributed by atoms with Crippen molar-refractivity contribution in [3.05, 3.63) is 23.8 Å². The molecular weight excluding hydrogens is 314 g/mol. The van der Waals surface area contributed by atoms with Crippen LogP contribution < -0.4 is 14.2 Å². The molecule has 0 fully saturated rings. The molecule has 1 aromatic rings. The summed E-state index contributed by atoms with van der Waals surface area (Å²) in [4.78, 5) is 0. The van der Waals surface area contributed by atoms with Crippen molar-refractivity contribution in [2.45, 2.75) is 47.1 Å². The van der Waals surface area contributed by atoms with E-state index in [2.05, 4.69) is 4.72 Å². The summed E-state index contributed by atoms with van der Waals surface area (Å²) in [6, 6.07) is 5.31. The summed E-state index contributed by atoms with van der Waals surface area (Å²) in [5, 5.41) is 0. The second-order valence-corrected chi connectivity index (χ2v) is 7.60. The molecule has 6 heteroatoms. The minimum atomic E-state index is -3.29. The molecule has 1 atom stereocenters. The lowest BCUT2D eigenvalue weighted by molar-refractivity contribution is 0.287. The highest BCUT2D eigenvalue weighted by Crippen LogP contribution is 2.33. The summed E-state index contributed by atoms with van der Waals surface area (Å²) in [6.07, 6.45) is 0.591. The lowest BCUT2D eigenvalue weighted by Gasteiger charge is -2.24. The zero-order valence-corrected chi connectivity index (χ0v) is 15.6. The van der Waals surface area contributed by atoms with Crippen LogP contribution in [-0.2, 0) is 10.0 Å². The minimum absolute atomic E-state index is 0.119. The molecular formula is C17H29NO4S. The fourth-order valence-corrected chi connectivity index (χ4v) is 3.82. The Kier molecular flexibility index (Phi) is 7.85. The van der Waals surface area contributed by atoms with Crippen molar-refractivity contribution in [3.8, 4) is 11.5 Å². The number of ether oxygens (including phenoxy) is 2. The van der Waals surface area contributed by atoms with Crippen LogP contribution in [0, 0.1) is 5.92 Å². The molecule has 0 aliphatic heterocycles. The van der Waals surface area contributed by atoms with Gasteiger partial charge in [-0.1, -0.05) is 26.8 Å². The number of sulfonamides is 1. The smallest absolute Gasteiger partial charge is 0.212 e. The van der Waals surface area contributed by atoms with Crippen LogP contribution in [0.5, 0.6) is 11.5 Å². The Balaban J connectivity index is 3.14. The maximum absolute atomic E-state index is 12.1. The molecule has 0 radical (unpaired) electrons. The van der Waals surface area contributed by atoms with E-state index in [1.54, 1.807) is 0 Å². The molecule has 1 aromatic carbocycles. The van der Waals surface area contributed by atoms with Crippen molar-refractivity contribution in [1.29, 1.82) is 0 Å². The van der Waals surface area contributed by atoms with Crippen LogP contribution in [0.2, 0.25) is 0 Å². The van der Waals surface area contributed by atoms with Crippen molar-refractivity contribution in [3.63, 3.8) is 0 Å². The third kappa shape index (κ3) is 6.03. The monoisotopic (exact) mass is 343 g/mol. The lowest BCUT2D eigenvalue weighted by Crippen LogP contribution is -2.33.